The van der Waals surface area contributed by atoms with E-state index in [-0.39, 0.29) is 0 Å². The third-order valence-corrected chi connectivity index (χ3v) is 3.72. The predicted octanol–water partition coefficient (Wildman–Crippen LogP) is 2.45. The second-order valence-electron chi connectivity index (χ2n) is 5.38. The van der Waals surface area contributed by atoms with Crippen LogP contribution < -0.4 is 4.74 Å². The van der Waals surface area contributed by atoms with Crippen LogP contribution in [0.25, 0.3) is 0 Å². The van der Waals surface area contributed by atoms with Gasteiger partial charge in [0.1, 0.15) is 17.5 Å². The van der Waals surface area contributed by atoms with Gasteiger partial charge < -0.3 is 9.64 Å². The SMILES string of the molecule is CC(C)N1CCC(COc2ccc(C#N)nc2)CC1. The highest BCUT2D eigenvalue weighted by atomic mass is 16.5. The van der Waals surface area contributed by atoms with Gasteiger partial charge in [0.2, 0.25) is 0 Å². The van der Waals surface area contributed by atoms with E-state index in [0.717, 1.165) is 25.4 Å². The molecule has 0 unspecified atom stereocenters. The lowest BCUT2D eigenvalue weighted by Crippen LogP contribution is -2.39. The number of hydrogen-bond acceptors (Lipinski definition) is 4. The number of aromatic nitrogens is 1. The molecule has 102 valence electrons. The highest BCUT2D eigenvalue weighted by molar-refractivity contribution is 5.26. The smallest absolute Gasteiger partial charge is 0.140 e. The lowest BCUT2D eigenvalue weighted by atomic mass is 9.97. The number of pyridine rings is 1. The molecule has 0 bridgehead atoms. The van der Waals surface area contributed by atoms with Crippen molar-refractivity contribution in [2.24, 2.45) is 5.92 Å². The van der Waals surface area contributed by atoms with Gasteiger partial charge in [-0.1, -0.05) is 0 Å². The monoisotopic (exact) mass is 259 g/mol. The molecule has 1 aromatic heterocycles. The summed E-state index contributed by atoms with van der Waals surface area (Å²) in [4.78, 5) is 6.52. The first kappa shape index (κ1) is 13.8. The summed E-state index contributed by atoms with van der Waals surface area (Å²) in [7, 11) is 0. The molecule has 0 radical (unpaired) electrons. The van der Waals surface area contributed by atoms with Crippen molar-refractivity contribution in [1.29, 1.82) is 5.26 Å². The summed E-state index contributed by atoms with van der Waals surface area (Å²) in [6, 6.07) is 6.15. The fourth-order valence-electron chi connectivity index (χ4n) is 2.38. The van der Waals surface area contributed by atoms with Crippen molar-refractivity contribution >= 4 is 0 Å². The Morgan fingerprint density at radius 2 is 2.16 bits per heavy atom. The molecule has 0 saturated carbocycles. The minimum Gasteiger partial charge on any atom is -0.492 e. The predicted molar refractivity (Wildman–Crippen MR) is 73.9 cm³/mol. The second kappa shape index (κ2) is 6.53. The van der Waals surface area contributed by atoms with Gasteiger partial charge in [0.15, 0.2) is 0 Å². The molecule has 0 atom stereocenters. The Balaban J connectivity index is 1.76. The minimum absolute atomic E-state index is 0.428. The van der Waals surface area contributed by atoms with Gasteiger partial charge in [0.05, 0.1) is 12.8 Å². The van der Waals surface area contributed by atoms with E-state index in [9.17, 15) is 0 Å². The van der Waals surface area contributed by atoms with E-state index in [0.29, 0.717) is 17.7 Å². The summed E-state index contributed by atoms with van der Waals surface area (Å²) in [5.74, 6) is 1.39. The fraction of sp³-hybridized carbons (Fsp3) is 0.600. The van der Waals surface area contributed by atoms with Gasteiger partial charge in [0.25, 0.3) is 0 Å². The van der Waals surface area contributed by atoms with E-state index >= 15 is 0 Å². The minimum atomic E-state index is 0.428. The molecule has 19 heavy (non-hydrogen) atoms. The summed E-state index contributed by atoms with van der Waals surface area (Å²) in [5, 5.41) is 8.67. The Labute approximate surface area is 115 Å². The van der Waals surface area contributed by atoms with E-state index in [1.54, 1.807) is 12.3 Å². The molecule has 2 heterocycles. The van der Waals surface area contributed by atoms with E-state index in [1.165, 1.54) is 12.8 Å². The zero-order chi connectivity index (χ0) is 13.7. The maximum absolute atomic E-state index is 8.67. The number of hydrogen-bond donors (Lipinski definition) is 0. The molecule has 1 fully saturated rings. The first-order valence-electron chi connectivity index (χ1n) is 6.92. The third-order valence-electron chi connectivity index (χ3n) is 3.72. The topological polar surface area (TPSA) is 49.1 Å². The van der Waals surface area contributed by atoms with Gasteiger partial charge in [-0.2, -0.15) is 5.26 Å². The summed E-state index contributed by atoms with van der Waals surface area (Å²) < 4.78 is 5.75. The van der Waals surface area contributed by atoms with Crippen molar-refractivity contribution < 1.29 is 4.74 Å². The summed E-state index contributed by atoms with van der Waals surface area (Å²) in [5.41, 5.74) is 0.428. The van der Waals surface area contributed by atoms with Crippen LogP contribution in [0.4, 0.5) is 0 Å². The number of nitriles is 1. The zero-order valence-corrected chi connectivity index (χ0v) is 11.7. The Bertz CT molecular complexity index is 428. The maximum atomic E-state index is 8.67. The van der Waals surface area contributed by atoms with Gasteiger partial charge in [-0.3, -0.25) is 0 Å². The van der Waals surface area contributed by atoms with Crippen molar-refractivity contribution in [3.63, 3.8) is 0 Å². The standard InChI is InChI=1S/C15H21N3O/c1-12(2)18-7-5-13(6-8-18)11-19-15-4-3-14(9-16)17-10-15/h3-4,10,12-13H,5-8,11H2,1-2H3. The van der Waals surface area contributed by atoms with Crippen molar-refractivity contribution in [2.45, 2.75) is 32.7 Å². The van der Waals surface area contributed by atoms with Crippen LogP contribution in [0.15, 0.2) is 18.3 Å². The average Bonchev–Trinajstić information content (AvgIpc) is 2.46. The molecule has 0 spiro atoms. The number of piperidine rings is 1. The van der Waals surface area contributed by atoms with Crippen LogP contribution >= 0.6 is 0 Å². The quantitative estimate of drug-likeness (QED) is 0.833. The molecule has 1 saturated heterocycles. The average molecular weight is 259 g/mol. The van der Waals surface area contributed by atoms with Gasteiger partial charge in [-0.15, -0.1) is 0 Å². The molecule has 4 nitrogen and oxygen atoms in total. The highest BCUT2D eigenvalue weighted by Crippen LogP contribution is 2.20. The summed E-state index contributed by atoms with van der Waals surface area (Å²) in [6.45, 7) is 7.58. The number of likely N-dealkylation sites (tertiary alicyclic amines) is 1. The molecule has 0 aromatic carbocycles. The van der Waals surface area contributed by atoms with Gasteiger partial charge >= 0.3 is 0 Å². The Morgan fingerprint density at radius 1 is 1.42 bits per heavy atom. The van der Waals surface area contributed by atoms with Gasteiger partial charge in [-0.25, -0.2) is 4.98 Å². The van der Waals surface area contributed by atoms with Crippen molar-refractivity contribution in [2.75, 3.05) is 19.7 Å². The van der Waals surface area contributed by atoms with E-state index in [4.69, 9.17) is 10.00 Å². The van der Waals surface area contributed by atoms with Gasteiger partial charge in [0, 0.05) is 6.04 Å². The normalized spacial score (nSPS) is 17.4. The first-order chi connectivity index (χ1) is 9.19. The molecule has 2 rings (SSSR count). The maximum Gasteiger partial charge on any atom is 0.140 e. The Morgan fingerprint density at radius 3 is 2.68 bits per heavy atom. The fourth-order valence-corrected chi connectivity index (χ4v) is 2.38. The van der Waals surface area contributed by atoms with Crippen LogP contribution in [-0.2, 0) is 0 Å². The largest absolute Gasteiger partial charge is 0.492 e. The molecule has 0 aliphatic carbocycles. The van der Waals surface area contributed by atoms with Crippen LogP contribution in [0.2, 0.25) is 0 Å². The number of ether oxygens (including phenoxy) is 1. The number of nitrogens with zero attached hydrogens (tertiary/aromatic N) is 3. The molecule has 1 aliphatic rings. The molecule has 4 heteroatoms. The van der Waals surface area contributed by atoms with Crippen molar-refractivity contribution in [3.8, 4) is 11.8 Å². The molecule has 0 N–H and O–H groups in total. The molecule has 0 amide bonds. The van der Waals surface area contributed by atoms with E-state index in [1.807, 2.05) is 12.1 Å². The van der Waals surface area contributed by atoms with Crippen LogP contribution in [0.5, 0.6) is 5.75 Å². The van der Waals surface area contributed by atoms with Crippen molar-refractivity contribution in [3.05, 3.63) is 24.0 Å². The van der Waals surface area contributed by atoms with Gasteiger partial charge in [-0.05, 0) is 57.8 Å². The zero-order valence-electron chi connectivity index (χ0n) is 11.7. The lowest BCUT2D eigenvalue weighted by Gasteiger charge is -2.34. The van der Waals surface area contributed by atoms with Crippen LogP contribution in [0, 0.1) is 17.2 Å². The second-order valence-corrected chi connectivity index (χ2v) is 5.38. The Hall–Kier alpha value is -1.60. The van der Waals surface area contributed by atoms with Crippen LogP contribution in [0.3, 0.4) is 0 Å². The van der Waals surface area contributed by atoms with Crippen LogP contribution in [-0.4, -0.2) is 35.6 Å². The summed E-state index contributed by atoms with van der Waals surface area (Å²) in [6.07, 6.45) is 4.02. The van der Waals surface area contributed by atoms with Crippen molar-refractivity contribution in [1.82, 2.24) is 9.88 Å². The highest BCUT2D eigenvalue weighted by Gasteiger charge is 2.21. The molecule has 1 aromatic rings. The first-order valence-corrected chi connectivity index (χ1v) is 6.92. The Kier molecular flexibility index (Phi) is 4.75. The molecular weight excluding hydrogens is 238 g/mol. The van der Waals surface area contributed by atoms with Crippen LogP contribution in [0.1, 0.15) is 32.4 Å². The lowest BCUT2D eigenvalue weighted by molar-refractivity contribution is 0.119. The van der Waals surface area contributed by atoms with E-state index in [2.05, 4.69) is 23.7 Å². The van der Waals surface area contributed by atoms with E-state index < -0.39 is 0 Å². The molecule has 1 aliphatic heterocycles. The summed E-state index contributed by atoms with van der Waals surface area (Å²) >= 11 is 0. The number of rotatable bonds is 4. The third kappa shape index (κ3) is 3.93. The molecular formula is C15H21N3O.